The van der Waals surface area contributed by atoms with Crippen molar-refractivity contribution in [1.82, 2.24) is 0 Å². The number of hydrogen-bond acceptors (Lipinski definition) is 4. The molecule has 0 bridgehead atoms. The Hall–Kier alpha value is -3.96. The Morgan fingerprint density at radius 1 is 0.727 bits per heavy atom. The van der Waals surface area contributed by atoms with E-state index in [1.165, 1.54) is 4.90 Å². The van der Waals surface area contributed by atoms with Crippen molar-refractivity contribution in [1.29, 1.82) is 0 Å². The third-order valence-corrected chi connectivity index (χ3v) is 6.64. The van der Waals surface area contributed by atoms with Gasteiger partial charge in [0.1, 0.15) is 5.92 Å². The maximum atomic E-state index is 13.9. The molecular weight excluding hydrogens is 412 g/mol. The van der Waals surface area contributed by atoms with Gasteiger partial charge in [0.25, 0.3) is 5.91 Å². The summed E-state index contributed by atoms with van der Waals surface area (Å²) in [7, 11) is 0. The summed E-state index contributed by atoms with van der Waals surface area (Å²) < 4.78 is 0. The first-order valence-corrected chi connectivity index (χ1v) is 11.1. The molecule has 162 valence electrons. The van der Waals surface area contributed by atoms with Gasteiger partial charge >= 0.3 is 0 Å². The van der Waals surface area contributed by atoms with Gasteiger partial charge in [-0.2, -0.15) is 0 Å². The second kappa shape index (κ2) is 7.57. The van der Waals surface area contributed by atoms with E-state index in [0.717, 1.165) is 27.6 Å². The molecule has 2 heterocycles. The SMILES string of the molecule is Cc1ccccc1[C@@H]1[C@@H]2C(=O)N(c3cccc4ccccc34)C(=O)[C@H]2ON1c1ccccc1. The monoisotopic (exact) mass is 434 g/mol. The third kappa shape index (κ3) is 2.97. The number of hydroxylamine groups is 1. The van der Waals surface area contributed by atoms with Gasteiger partial charge in [0.05, 0.1) is 17.4 Å². The van der Waals surface area contributed by atoms with Crippen LogP contribution in [0.5, 0.6) is 0 Å². The van der Waals surface area contributed by atoms with E-state index in [0.29, 0.717) is 5.69 Å². The second-order valence-electron chi connectivity index (χ2n) is 8.52. The van der Waals surface area contributed by atoms with Crippen LogP contribution in [0.25, 0.3) is 10.8 Å². The maximum Gasteiger partial charge on any atom is 0.266 e. The van der Waals surface area contributed by atoms with Crippen molar-refractivity contribution in [2.75, 3.05) is 9.96 Å². The molecule has 4 aromatic carbocycles. The van der Waals surface area contributed by atoms with E-state index in [2.05, 4.69) is 0 Å². The number of amides is 2. The quantitative estimate of drug-likeness (QED) is 0.416. The molecule has 5 nitrogen and oxygen atoms in total. The Labute approximate surface area is 191 Å². The predicted octanol–water partition coefficient (Wildman–Crippen LogP) is 5.20. The Kier molecular flexibility index (Phi) is 4.52. The van der Waals surface area contributed by atoms with Crippen LogP contribution in [0.2, 0.25) is 0 Å². The van der Waals surface area contributed by atoms with Gasteiger partial charge in [-0.25, -0.2) is 9.96 Å². The molecule has 0 saturated carbocycles. The first kappa shape index (κ1) is 19.7. The number of benzene rings is 4. The van der Waals surface area contributed by atoms with Crippen LogP contribution in [-0.4, -0.2) is 17.9 Å². The summed E-state index contributed by atoms with van der Waals surface area (Å²) in [5, 5.41) is 3.59. The lowest BCUT2D eigenvalue weighted by molar-refractivity contribution is -0.126. The molecule has 0 aromatic heterocycles. The minimum atomic E-state index is -0.874. The molecule has 0 spiro atoms. The largest absolute Gasteiger partial charge is 0.273 e. The molecule has 6 rings (SSSR count). The van der Waals surface area contributed by atoms with Crippen LogP contribution in [-0.2, 0) is 14.4 Å². The number of fused-ring (bicyclic) bond motifs is 2. The van der Waals surface area contributed by atoms with Gasteiger partial charge in [0.15, 0.2) is 6.10 Å². The fourth-order valence-corrected chi connectivity index (χ4v) is 5.09. The molecule has 0 aliphatic carbocycles. The fourth-order valence-electron chi connectivity index (χ4n) is 5.09. The molecule has 4 aromatic rings. The highest BCUT2D eigenvalue weighted by Crippen LogP contribution is 2.48. The van der Waals surface area contributed by atoms with Gasteiger partial charge in [0.2, 0.25) is 5.91 Å². The van der Waals surface area contributed by atoms with E-state index in [9.17, 15) is 9.59 Å². The summed E-state index contributed by atoms with van der Waals surface area (Å²) in [5.41, 5.74) is 3.46. The van der Waals surface area contributed by atoms with Crippen molar-refractivity contribution < 1.29 is 14.4 Å². The number of nitrogens with zero attached hydrogens (tertiary/aromatic N) is 2. The molecule has 0 unspecified atom stereocenters. The van der Waals surface area contributed by atoms with Crippen molar-refractivity contribution in [3.8, 4) is 0 Å². The average molecular weight is 434 g/mol. The summed E-state index contributed by atoms with van der Waals surface area (Å²) in [6.07, 6.45) is -0.874. The highest BCUT2D eigenvalue weighted by Gasteiger charge is 2.60. The molecule has 2 aliphatic heterocycles. The minimum Gasteiger partial charge on any atom is -0.273 e. The molecule has 2 amide bonds. The topological polar surface area (TPSA) is 49.9 Å². The number of hydrogen-bond donors (Lipinski definition) is 0. The summed E-state index contributed by atoms with van der Waals surface area (Å²) in [5.74, 6) is -1.19. The minimum absolute atomic E-state index is 0.229. The smallest absolute Gasteiger partial charge is 0.266 e. The third-order valence-electron chi connectivity index (χ3n) is 6.64. The average Bonchev–Trinajstić information content (AvgIpc) is 3.35. The van der Waals surface area contributed by atoms with Gasteiger partial charge in [-0.15, -0.1) is 0 Å². The number of carbonyl (C=O) groups is 2. The standard InChI is InChI=1S/C28H22N2O3/c1-18-10-5-7-15-21(18)25-24-26(33-30(25)20-13-3-2-4-14-20)28(32)29(27(24)31)23-17-9-12-19-11-6-8-16-22(19)23/h2-17,24-26H,1H3/t24-,25+,26-/m0/s1. The number of carbonyl (C=O) groups excluding carboxylic acids is 2. The van der Waals surface area contributed by atoms with Crippen LogP contribution in [0.1, 0.15) is 17.2 Å². The molecule has 2 fully saturated rings. The summed E-state index contributed by atoms with van der Waals surface area (Å²) in [6, 6.07) is 30.7. The molecule has 2 aliphatic rings. The zero-order valence-electron chi connectivity index (χ0n) is 18.1. The van der Waals surface area contributed by atoms with Gasteiger partial charge in [0, 0.05) is 5.39 Å². The lowest BCUT2D eigenvalue weighted by Crippen LogP contribution is -2.37. The van der Waals surface area contributed by atoms with E-state index in [1.54, 1.807) is 5.06 Å². The summed E-state index contributed by atoms with van der Waals surface area (Å²) >= 11 is 0. The number of aryl methyl sites for hydroxylation is 1. The van der Waals surface area contributed by atoms with Crippen LogP contribution in [0.4, 0.5) is 11.4 Å². The van der Waals surface area contributed by atoms with Crippen molar-refractivity contribution >= 4 is 34.0 Å². The molecule has 2 saturated heterocycles. The fraction of sp³-hybridized carbons (Fsp3) is 0.143. The second-order valence-corrected chi connectivity index (χ2v) is 8.52. The molecule has 33 heavy (non-hydrogen) atoms. The normalized spacial score (nSPS) is 22.3. The van der Waals surface area contributed by atoms with Crippen LogP contribution in [0, 0.1) is 12.8 Å². The van der Waals surface area contributed by atoms with Gasteiger partial charge in [-0.1, -0.05) is 78.9 Å². The lowest BCUT2D eigenvalue weighted by atomic mass is 9.88. The molecule has 0 radical (unpaired) electrons. The van der Waals surface area contributed by atoms with E-state index in [-0.39, 0.29) is 11.8 Å². The zero-order valence-corrected chi connectivity index (χ0v) is 18.1. The first-order chi connectivity index (χ1) is 16.1. The summed E-state index contributed by atoms with van der Waals surface area (Å²) in [6.45, 7) is 2.02. The van der Waals surface area contributed by atoms with Crippen molar-refractivity contribution in [2.24, 2.45) is 5.92 Å². The van der Waals surface area contributed by atoms with Crippen LogP contribution >= 0.6 is 0 Å². The Bertz CT molecular complexity index is 1380. The van der Waals surface area contributed by atoms with Crippen LogP contribution in [0.3, 0.4) is 0 Å². The molecule has 3 atom stereocenters. The number of anilines is 2. The highest BCUT2D eigenvalue weighted by molar-refractivity contribution is 6.26. The maximum absolute atomic E-state index is 13.9. The molecular formula is C28H22N2O3. The Morgan fingerprint density at radius 3 is 2.24 bits per heavy atom. The number of imide groups is 1. The Morgan fingerprint density at radius 2 is 1.42 bits per heavy atom. The van der Waals surface area contributed by atoms with Crippen molar-refractivity contribution in [3.63, 3.8) is 0 Å². The predicted molar refractivity (Wildman–Crippen MR) is 128 cm³/mol. The van der Waals surface area contributed by atoms with Crippen LogP contribution < -0.4 is 9.96 Å². The Balaban J connectivity index is 1.48. The van der Waals surface area contributed by atoms with E-state index >= 15 is 0 Å². The zero-order chi connectivity index (χ0) is 22.5. The molecule has 0 N–H and O–H groups in total. The van der Waals surface area contributed by atoms with Gasteiger partial charge < -0.3 is 0 Å². The number of rotatable bonds is 3. The highest BCUT2D eigenvalue weighted by atomic mass is 16.7. The molecule has 5 heteroatoms. The lowest BCUT2D eigenvalue weighted by Gasteiger charge is -2.29. The number of para-hydroxylation sites is 1. The first-order valence-electron chi connectivity index (χ1n) is 11.1. The summed E-state index contributed by atoms with van der Waals surface area (Å²) in [4.78, 5) is 35.1. The van der Waals surface area contributed by atoms with E-state index in [4.69, 9.17) is 4.84 Å². The van der Waals surface area contributed by atoms with E-state index in [1.807, 2.05) is 104 Å². The van der Waals surface area contributed by atoms with Crippen molar-refractivity contribution in [3.05, 3.63) is 108 Å². The van der Waals surface area contributed by atoms with E-state index < -0.39 is 18.1 Å². The van der Waals surface area contributed by atoms with Crippen LogP contribution in [0.15, 0.2) is 97.1 Å². The van der Waals surface area contributed by atoms with Gasteiger partial charge in [-0.05, 0) is 41.6 Å². The van der Waals surface area contributed by atoms with Crippen molar-refractivity contribution in [2.45, 2.75) is 19.1 Å². The van der Waals surface area contributed by atoms with Gasteiger partial charge in [-0.3, -0.25) is 14.4 Å².